The van der Waals surface area contributed by atoms with E-state index in [0.717, 1.165) is 10.0 Å². The fraction of sp³-hybridized carbons (Fsp3) is 0.0667. The Balaban J connectivity index is 2.66. The molecule has 1 heterocycles. The molecule has 0 bridgehead atoms. The third-order valence-electron chi connectivity index (χ3n) is 2.75. The number of halogens is 2. The molecule has 2 nitrogen and oxygen atoms in total. The van der Waals surface area contributed by atoms with Crippen LogP contribution >= 0.6 is 15.9 Å². The molecular formula is C15H13BrFNO. The van der Waals surface area contributed by atoms with Gasteiger partial charge in [-0.05, 0) is 12.1 Å². The molecule has 2 rings (SSSR count). The molecule has 0 aliphatic heterocycles. The first-order chi connectivity index (χ1) is 9.08. The van der Waals surface area contributed by atoms with Gasteiger partial charge in [0.05, 0.1) is 5.69 Å². The minimum absolute atomic E-state index is 0.109. The zero-order valence-electron chi connectivity index (χ0n) is 10.5. The van der Waals surface area contributed by atoms with Gasteiger partial charge >= 0.3 is 0 Å². The van der Waals surface area contributed by atoms with Crippen LogP contribution < -0.4 is 5.32 Å². The normalized spacial score (nSPS) is 10.3. The van der Waals surface area contributed by atoms with Gasteiger partial charge in [-0.15, -0.1) is 0 Å². The van der Waals surface area contributed by atoms with Crippen molar-refractivity contribution in [3.63, 3.8) is 0 Å². The lowest BCUT2D eigenvalue weighted by Crippen LogP contribution is -1.91. The lowest BCUT2D eigenvalue weighted by molar-refractivity contribution is 0.544. The van der Waals surface area contributed by atoms with Gasteiger partial charge in [0.1, 0.15) is 0 Å². The van der Waals surface area contributed by atoms with Gasteiger partial charge in [-0.2, -0.15) is 0 Å². The Hall–Kier alpha value is -1.81. The second kappa shape index (κ2) is 5.45. The Morgan fingerprint density at radius 1 is 1.37 bits per heavy atom. The smallest absolute Gasteiger partial charge is 0.171 e. The van der Waals surface area contributed by atoms with Crippen molar-refractivity contribution in [2.75, 3.05) is 12.4 Å². The van der Waals surface area contributed by atoms with Crippen molar-refractivity contribution < 1.29 is 8.81 Å². The summed E-state index contributed by atoms with van der Waals surface area (Å²) in [4.78, 5) is 0. The van der Waals surface area contributed by atoms with E-state index >= 15 is 0 Å². The van der Waals surface area contributed by atoms with Gasteiger partial charge in [0.2, 0.25) is 0 Å². The average molecular weight is 322 g/mol. The summed E-state index contributed by atoms with van der Waals surface area (Å²) in [7, 11) is 1.75. The second-order valence-corrected chi connectivity index (χ2v) is 4.83. The molecule has 0 saturated heterocycles. The zero-order chi connectivity index (χ0) is 14.0. The van der Waals surface area contributed by atoms with Crippen molar-refractivity contribution in [3.8, 4) is 11.3 Å². The van der Waals surface area contributed by atoms with Crippen LogP contribution in [0.5, 0.6) is 0 Å². The van der Waals surface area contributed by atoms with Crippen molar-refractivity contribution in [1.29, 1.82) is 0 Å². The number of anilines is 1. The molecule has 19 heavy (non-hydrogen) atoms. The highest BCUT2D eigenvalue weighted by molar-refractivity contribution is 9.10. The molecule has 0 atom stereocenters. The number of hydrogen-bond acceptors (Lipinski definition) is 2. The molecule has 1 aromatic heterocycles. The lowest BCUT2D eigenvalue weighted by Gasteiger charge is -2.03. The first-order valence-electron chi connectivity index (χ1n) is 5.66. The molecule has 0 saturated carbocycles. The first kappa shape index (κ1) is 13.6. The zero-order valence-corrected chi connectivity index (χ0v) is 12.1. The van der Waals surface area contributed by atoms with E-state index in [9.17, 15) is 4.39 Å². The van der Waals surface area contributed by atoms with Crippen molar-refractivity contribution in [2.45, 2.75) is 0 Å². The molecule has 0 aliphatic carbocycles. The Morgan fingerprint density at radius 2 is 2.00 bits per heavy atom. The molecular weight excluding hydrogens is 309 g/mol. The molecule has 4 heteroatoms. The summed E-state index contributed by atoms with van der Waals surface area (Å²) >= 11 is 3.37. The van der Waals surface area contributed by atoms with E-state index in [4.69, 9.17) is 4.42 Å². The van der Waals surface area contributed by atoms with Crippen LogP contribution in [0.15, 0.2) is 46.3 Å². The molecule has 0 amide bonds. The van der Waals surface area contributed by atoms with Gasteiger partial charge in [0.25, 0.3) is 0 Å². The minimum Gasteiger partial charge on any atom is -0.451 e. The molecule has 0 spiro atoms. The molecule has 1 aromatic carbocycles. The average Bonchev–Trinajstić information content (AvgIpc) is 2.78. The lowest BCUT2D eigenvalue weighted by atomic mass is 10.1. The van der Waals surface area contributed by atoms with Crippen molar-refractivity contribution in [3.05, 3.63) is 53.2 Å². The highest BCUT2D eigenvalue weighted by atomic mass is 79.9. The van der Waals surface area contributed by atoms with Crippen LogP contribution in [0, 0.1) is 0 Å². The SMILES string of the molecule is C=Cc1c(C(=C)F)oc(-c2ccc(Br)cc2)c1NC. The maximum absolute atomic E-state index is 13.4. The van der Waals surface area contributed by atoms with Crippen LogP contribution in [0.25, 0.3) is 23.2 Å². The Kier molecular flexibility index (Phi) is 3.90. The number of rotatable bonds is 4. The molecule has 2 aromatic rings. The number of nitrogens with one attached hydrogen (secondary N) is 1. The fourth-order valence-electron chi connectivity index (χ4n) is 1.89. The Labute approximate surface area is 119 Å². The molecule has 0 unspecified atom stereocenters. The van der Waals surface area contributed by atoms with E-state index in [-0.39, 0.29) is 5.76 Å². The second-order valence-electron chi connectivity index (χ2n) is 3.91. The fourth-order valence-corrected chi connectivity index (χ4v) is 2.16. The van der Waals surface area contributed by atoms with Gasteiger partial charge in [0.15, 0.2) is 17.3 Å². The van der Waals surface area contributed by atoms with E-state index < -0.39 is 5.83 Å². The summed E-state index contributed by atoms with van der Waals surface area (Å²) in [5.74, 6) is 0.0609. The van der Waals surface area contributed by atoms with Gasteiger partial charge in [0, 0.05) is 22.6 Å². The number of hydrogen-bond donors (Lipinski definition) is 1. The molecule has 98 valence electrons. The summed E-state index contributed by atoms with van der Waals surface area (Å²) in [6, 6.07) is 7.58. The third kappa shape index (κ3) is 2.49. The predicted octanol–water partition coefficient (Wildman–Crippen LogP) is 5.33. The van der Waals surface area contributed by atoms with Crippen molar-refractivity contribution in [2.24, 2.45) is 0 Å². The maximum Gasteiger partial charge on any atom is 0.171 e. The van der Waals surface area contributed by atoms with E-state index in [1.165, 1.54) is 0 Å². The maximum atomic E-state index is 13.4. The van der Waals surface area contributed by atoms with Gasteiger partial charge in [-0.1, -0.05) is 47.3 Å². The third-order valence-corrected chi connectivity index (χ3v) is 3.28. The van der Waals surface area contributed by atoms with Crippen molar-refractivity contribution >= 4 is 33.5 Å². The van der Waals surface area contributed by atoms with Crippen LogP contribution in [-0.4, -0.2) is 7.05 Å². The van der Waals surface area contributed by atoms with Crippen molar-refractivity contribution in [1.82, 2.24) is 0 Å². The van der Waals surface area contributed by atoms with E-state index in [1.807, 2.05) is 24.3 Å². The van der Waals surface area contributed by atoms with E-state index in [2.05, 4.69) is 34.4 Å². The summed E-state index contributed by atoms with van der Waals surface area (Å²) in [6.07, 6.45) is 1.55. The highest BCUT2D eigenvalue weighted by Crippen LogP contribution is 2.39. The van der Waals surface area contributed by atoms with Gasteiger partial charge in [-0.25, -0.2) is 4.39 Å². The van der Waals surface area contributed by atoms with Crippen LogP contribution in [0.4, 0.5) is 10.1 Å². The Bertz CT molecular complexity index is 628. The quantitative estimate of drug-likeness (QED) is 0.822. The van der Waals surface area contributed by atoms with E-state index in [1.54, 1.807) is 13.1 Å². The molecule has 0 aliphatic rings. The number of benzene rings is 1. The van der Waals surface area contributed by atoms with Gasteiger partial charge < -0.3 is 9.73 Å². The van der Waals surface area contributed by atoms with E-state index in [0.29, 0.717) is 17.0 Å². The van der Waals surface area contributed by atoms with Crippen LogP contribution in [-0.2, 0) is 0 Å². The molecule has 1 N–H and O–H groups in total. The van der Waals surface area contributed by atoms with Crippen LogP contribution in [0.2, 0.25) is 0 Å². The monoisotopic (exact) mass is 321 g/mol. The van der Waals surface area contributed by atoms with Crippen LogP contribution in [0.3, 0.4) is 0 Å². The first-order valence-corrected chi connectivity index (χ1v) is 6.45. The Morgan fingerprint density at radius 3 is 2.47 bits per heavy atom. The highest BCUT2D eigenvalue weighted by Gasteiger charge is 2.20. The summed E-state index contributed by atoms with van der Waals surface area (Å²) in [5.41, 5.74) is 2.13. The summed E-state index contributed by atoms with van der Waals surface area (Å²) < 4.78 is 20.0. The van der Waals surface area contributed by atoms with Gasteiger partial charge in [-0.3, -0.25) is 0 Å². The predicted molar refractivity (Wildman–Crippen MR) is 81.6 cm³/mol. The molecule has 0 fully saturated rings. The largest absolute Gasteiger partial charge is 0.451 e. The minimum atomic E-state index is -0.616. The standard InChI is InChI=1S/C15H13BrFNO/c1-4-12-13(18-3)15(19-14(12)9(2)17)10-5-7-11(16)8-6-10/h4-8,18H,1-2H2,3H3. The summed E-state index contributed by atoms with van der Waals surface area (Å²) in [6.45, 7) is 6.98. The van der Waals surface area contributed by atoms with Crippen LogP contribution in [0.1, 0.15) is 11.3 Å². The number of furan rings is 1. The summed E-state index contributed by atoms with van der Waals surface area (Å²) in [5, 5.41) is 3.02. The topological polar surface area (TPSA) is 25.2 Å². The molecule has 0 radical (unpaired) electrons.